The van der Waals surface area contributed by atoms with Gasteiger partial charge in [-0.2, -0.15) is 0 Å². The first-order valence-corrected chi connectivity index (χ1v) is 8.82. The van der Waals surface area contributed by atoms with Crippen molar-refractivity contribution in [2.24, 2.45) is 0 Å². The summed E-state index contributed by atoms with van der Waals surface area (Å²) in [5.41, 5.74) is 1.81. The molecule has 7 heteroatoms. The molecule has 4 rings (SSSR count). The third-order valence-corrected chi connectivity index (χ3v) is 4.96. The number of benzene rings is 2. The molecule has 0 saturated heterocycles. The zero-order valence-corrected chi connectivity index (χ0v) is 14.3. The van der Waals surface area contributed by atoms with Gasteiger partial charge in [0, 0.05) is 0 Å². The van der Waals surface area contributed by atoms with Crippen LogP contribution in [0.3, 0.4) is 0 Å². The van der Waals surface area contributed by atoms with Crippen LogP contribution in [-0.4, -0.2) is 16.1 Å². The van der Waals surface area contributed by atoms with E-state index < -0.39 is 5.97 Å². The number of halogens is 1. The van der Waals surface area contributed by atoms with Gasteiger partial charge in [0.15, 0.2) is 0 Å². The van der Waals surface area contributed by atoms with E-state index in [4.69, 9.17) is 14.6 Å². The maximum Gasteiger partial charge on any atom is 0.347 e. The van der Waals surface area contributed by atoms with Gasteiger partial charge in [-0.1, -0.05) is 23.5 Å². The molecule has 1 aliphatic rings. The quantitative estimate of drug-likeness (QED) is 0.711. The van der Waals surface area contributed by atoms with E-state index >= 15 is 0 Å². The van der Waals surface area contributed by atoms with E-state index in [1.165, 1.54) is 18.3 Å². The maximum atomic E-state index is 13.4. The topological polar surface area (TPSA) is 68.7 Å². The second kappa shape index (κ2) is 6.76. The molecule has 2 heterocycles. The molecule has 132 valence electrons. The number of aromatic carboxylic acids is 1. The largest absolute Gasteiger partial charge is 0.485 e. The Hall–Kier alpha value is -2.93. The summed E-state index contributed by atoms with van der Waals surface area (Å²) < 4.78 is 25.1. The summed E-state index contributed by atoms with van der Waals surface area (Å²) in [5.74, 6) is 0.00970. The normalized spacial score (nSPS) is 15.8. The summed E-state index contributed by atoms with van der Waals surface area (Å²) in [6, 6.07) is 11.9. The van der Waals surface area contributed by atoms with Crippen LogP contribution in [0.1, 0.15) is 33.3 Å². The maximum absolute atomic E-state index is 13.4. The first kappa shape index (κ1) is 16.5. The van der Waals surface area contributed by atoms with Crippen molar-refractivity contribution < 1.29 is 23.8 Å². The first-order chi connectivity index (χ1) is 12.6. The van der Waals surface area contributed by atoms with Crippen LogP contribution in [0.25, 0.3) is 0 Å². The molecule has 1 N–H and O–H groups in total. The van der Waals surface area contributed by atoms with Crippen LogP contribution in [0, 0.1) is 5.82 Å². The van der Waals surface area contributed by atoms with Crippen molar-refractivity contribution in [2.75, 3.05) is 0 Å². The van der Waals surface area contributed by atoms with Crippen molar-refractivity contribution in [1.82, 2.24) is 4.98 Å². The lowest BCUT2D eigenvalue weighted by Gasteiger charge is -2.26. The Morgan fingerprint density at radius 2 is 2.19 bits per heavy atom. The minimum absolute atomic E-state index is 0.124. The van der Waals surface area contributed by atoms with Gasteiger partial charge in [0.25, 0.3) is 5.19 Å². The van der Waals surface area contributed by atoms with E-state index in [0.29, 0.717) is 5.75 Å². The summed E-state index contributed by atoms with van der Waals surface area (Å²) >= 11 is 0.973. The molecule has 0 aliphatic carbocycles. The number of aromatic nitrogens is 1. The van der Waals surface area contributed by atoms with Gasteiger partial charge in [-0.25, -0.2) is 14.2 Å². The lowest BCUT2D eigenvalue weighted by atomic mass is 9.97. The average molecular weight is 371 g/mol. The summed E-state index contributed by atoms with van der Waals surface area (Å²) in [7, 11) is 0. The Kier molecular flexibility index (Phi) is 4.30. The zero-order chi connectivity index (χ0) is 18.1. The van der Waals surface area contributed by atoms with Crippen molar-refractivity contribution in [3.8, 4) is 16.7 Å². The van der Waals surface area contributed by atoms with Gasteiger partial charge in [0.1, 0.15) is 28.3 Å². The molecule has 3 aromatic rings. The van der Waals surface area contributed by atoms with E-state index in [-0.39, 0.29) is 22.0 Å². The Labute approximate surface area is 152 Å². The third-order valence-electron chi connectivity index (χ3n) is 4.10. The van der Waals surface area contributed by atoms with Gasteiger partial charge >= 0.3 is 5.97 Å². The van der Waals surface area contributed by atoms with Crippen molar-refractivity contribution in [2.45, 2.75) is 18.9 Å². The second-order valence-electron chi connectivity index (χ2n) is 5.87. The average Bonchev–Trinajstić information content (AvgIpc) is 3.10. The minimum Gasteiger partial charge on any atom is -0.485 e. The highest BCUT2D eigenvalue weighted by atomic mass is 32.1. The highest BCUT2D eigenvalue weighted by Crippen LogP contribution is 2.38. The Morgan fingerprint density at radius 1 is 1.31 bits per heavy atom. The molecule has 0 amide bonds. The summed E-state index contributed by atoms with van der Waals surface area (Å²) in [6.45, 7) is 0. The summed E-state index contributed by atoms with van der Waals surface area (Å²) in [4.78, 5) is 15.0. The van der Waals surface area contributed by atoms with Crippen LogP contribution in [0.5, 0.6) is 16.7 Å². The van der Waals surface area contributed by atoms with Crippen LogP contribution in [-0.2, 0) is 6.42 Å². The number of carboxylic acid groups (broad SMARTS) is 1. The molecule has 2 aromatic carbocycles. The molecule has 1 aliphatic heterocycles. The molecule has 1 unspecified atom stereocenters. The number of fused-ring (bicyclic) bond motifs is 1. The van der Waals surface area contributed by atoms with Crippen molar-refractivity contribution in [3.05, 3.63) is 70.5 Å². The fraction of sp³-hybridized carbons (Fsp3) is 0.158. The zero-order valence-electron chi connectivity index (χ0n) is 13.5. The molecule has 26 heavy (non-hydrogen) atoms. The lowest BCUT2D eigenvalue weighted by molar-refractivity contribution is 0.0702. The van der Waals surface area contributed by atoms with Crippen molar-refractivity contribution in [1.29, 1.82) is 0 Å². The number of hydrogen-bond donors (Lipinski definition) is 1. The number of rotatable bonds is 4. The minimum atomic E-state index is -1.03. The Morgan fingerprint density at radius 3 is 2.96 bits per heavy atom. The number of thiazole rings is 1. The van der Waals surface area contributed by atoms with Gasteiger partial charge in [0.2, 0.25) is 0 Å². The molecule has 0 saturated carbocycles. The third kappa shape index (κ3) is 3.39. The first-order valence-electron chi connectivity index (χ1n) is 8.00. The highest BCUT2D eigenvalue weighted by Gasteiger charge is 2.22. The standard InChI is InChI=1S/C19H14FNO4S/c20-13-3-1-2-11(8-13)15-6-4-12-9-14(5-7-16(12)25-15)24-19-21-10-17(26-19)18(22)23/h1-3,5,7-10,15H,4,6H2,(H,22,23). The molecular formula is C19H14FNO4S. The number of carbonyl (C=O) groups is 1. The SMILES string of the molecule is O=C(O)c1cnc(Oc2ccc3c(c2)CCC(c2cccc(F)c2)O3)s1. The van der Waals surface area contributed by atoms with E-state index in [1.807, 2.05) is 18.2 Å². The van der Waals surface area contributed by atoms with E-state index in [2.05, 4.69) is 4.98 Å². The van der Waals surface area contributed by atoms with E-state index in [9.17, 15) is 9.18 Å². The van der Waals surface area contributed by atoms with Crippen LogP contribution < -0.4 is 9.47 Å². The number of hydrogen-bond acceptors (Lipinski definition) is 5. The predicted octanol–water partition coefficient (Wildman–Crippen LogP) is 4.84. The number of aryl methyl sites for hydroxylation is 1. The number of carboxylic acids is 1. The van der Waals surface area contributed by atoms with Gasteiger partial charge < -0.3 is 14.6 Å². The highest BCUT2D eigenvalue weighted by molar-refractivity contribution is 7.15. The Bertz CT molecular complexity index is 972. The molecule has 0 fully saturated rings. The van der Waals surface area contributed by atoms with E-state index in [0.717, 1.165) is 41.1 Å². The fourth-order valence-corrected chi connectivity index (χ4v) is 3.50. The van der Waals surface area contributed by atoms with Gasteiger partial charge in [0.05, 0.1) is 6.20 Å². The number of ether oxygens (including phenoxy) is 2. The Balaban J connectivity index is 1.50. The summed E-state index contributed by atoms with van der Waals surface area (Å²) in [5, 5.41) is 9.21. The van der Waals surface area contributed by atoms with Crippen LogP contribution in [0.2, 0.25) is 0 Å². The summed E-state index contributed by atoms with van der Waals surface area (Å²) in [6.07, 6.45) is 2.60. The van der Waals surface area contributed by atoms with Crippen LogP contribution >= 0.6 is 11.3 Å². The van der Waals surface area contributed by atoms with Gasteiger partial charge in [-0.05, 0) is 54.3 Å². The molecule has 1 atom stereocenters. The molecule has 0 spiro atoms. The fourth-order valence-electron chi connectivity index (χ4n) is 2.87. The smallest absolute Gasteiger partial charge is 0.347 e. The van der Waals surface area contributed by atoms with Crippen molar-refractivity contribution >= 4 is 17.3 Å². The molecule has 1 aromatic heterocycles. The lowest BCUT2D eigenvalue weighted by Crippen LogP contribution is -2.15. The molecule has 0 bridgehead atoms. The molecule has 0 radical (unpaired) electrons. The second-order valence-corrected chi connectivity index (χ2v) is 6.86. The van der Waals surface area contributed by atoms with Gasteiger partial charge in [-0.15, -0.1) is 0 Å². The van der Waals surface area contributed by atoms with Crippen LogP contribution in [0.15, 0.2) is 48.7 Å². The van der Waals surface area contributed by atoms with E-state index in [1.54, 1.807) is 12.1 Å². The van der Waals surface area contributed by atoms with Crippen LogP contribution in [0.4, 0.5) is 4.39 Å². The van der Waals surface area contributed by atoms with Crippen molar-refractivity contribution in [3.63, 3.8) is 0 Å². The monoisotopic (exact) mass is 371 g/mol. The molecule has 5 nitrogen and oxygen atoms in total. The molecular weight excluding hydrogens is 357 g/mol. The predicted molar refractivity (Wildman–Crippen MR) is 93.7 cm³/mol. The number of nitrogens with zero attached hydrogens (tertiary/aromatic N) is 1. The van der Waals surface area contributed by atoms with Gasteiger partial charge in [-0.3, -0.25) is 0 Å².